The van der Waals surface area contributed by atoms with Gasteiger partial charge in [-0.15, -0.1) is 0 Å². The maximum atomic E-state index is 11.9. The van der Waals surface area contributed by atoms with Gasteiger partial charge in [0.05, 0.1) is 12.0 Å². The zero-order chi connectivity index (χ0) is 14.4. The molecule has 0 bridgehead atoms. The van der Waals surface area contributed by atoms with Crippen LogP contribution in [0.5, 0.6) is 0 Å². The lowest BCUT2D eigenvalue weighted by Gasteiger charge is -2.40. The maximum absolute atomic E-state index is 11.9. The standard InChI is InChI=1S/C13H20BO3S/c1-5-6-7-8(2)11-9(3)12(17-18-14)10(4)13(15)16-11/h5-12,14H,1H2,2-4H3/t8-,9+,10+,11-,12-/m0/s1/i14T. The van der Waals surface area contributed by atoms with Crippen LogP contribution in [0.15, 0.2) is 24.8 Å². The van der Waals surface area contributed by atoms with E-state index in [0.29, 0.717) is 0 Å². The highest BCUT2D eigenvalue weighted by Gasteiger charge is 2.43. The number of allylic oxidation sites excluding steroid dienone is 2. The van der Waals surface area contributed by atoms with E-state index in [4.69, 9.17) is 10.3 Å². The van der Waals surface area contributed by atoms with Gasteiger partial charge in [0.1, 0.15) is 6.10 Å². The molecule has 0 unspecified atom stereocenters. The van der Waals surface area contributed by atoms with Crippen LogP contribution in [0.1, 0.15) is 20.8 Å². The highest BCUT2D eigenvalue weighted by Crippen LogP contribution is 2.34. The minimum atomic E-state index is -0.311. The topological polar surface area (TPSA) is 35.5 Å². The summed E-state index contributed by atoms with van der Waals surface area (Å²) in [5.74, 6) is -0.378. The summed E-state index contributed by atoms with van der Waals surface area (Å²) in [5.41, 5.74) is 0. The van der Waals surface area contributed by atoms with Crippen LogP contribution in [-0.4, -0.2) is 26.6 Å². The molecule has 0 saturated carbocycles. The number of esters is 1. The largest absolute Gasteiger partial charge is 0.461 e. The quantitative estimate of drug-likeness (QED) is 0.321. The number of hydrogen-bond acceptors (Lipinski definition) is 4. The SMILES string of the molecule is [3H][B]SO[C@H]1[C@H](C)[C@H]([C@@H](C)C=CC=C)OC(=O)[C@@H]1C. The fourth-order valence-corrected chi connectivity index (χ4v) is 2.78. The molecular formula is C13H20BO3S. The van der Waals surface area contributed by atoms with Gasteiger partial charge in [-0.3, -0.25) is 4.79 Å². The van der Waals surface area contributed by atoms with Crippen molar-refractivity contribution in [2.45, 2.75) is 33.0 Å². The van der Waals surface area contributed by atoms with Crippen molar-refractivity contribution in [3.8, 4) is 0 Å². The predicted octanol–water partition coefficient (Wildman–Crippen LogP) is 2.41. The summed E-state index contributed by atoms with van der Waals surface area (Å²) in [6.07, 6.45) is 5.07. The van der Waals surface area contributed by atoms with E-state index >= 15 is 0 Å². The third-order valence-corrected chi connectivity index (χ3v) is 3.72. The van der Waals surface area contributed by atoms with E-state index in [1.54, 1.807) is 13.0 Å². The lowest BCUT2D eigenvalue weighted by molar-refractivity contribution is -0.177. The molecule has 0 aromatic rings. The summed E-state index contributed by atoms with van der Waals surface area (Å²) in [5, 5.41) is 0. The molecule has 1 rings (SSSR count). The minimum absolute atomic E-state index is 0.0737. The molecule has 99 valence electrons. The van der Waals surface area contributed by atoms with Gasteiger partial charge < -0.3 is 8.92 Å². The van der Waals surface area contributed by atoms with Crippen molar-refractivity contribution in [3.63, 3.8) is 0 Å². The molecule has 0 amide bonds. The number of carbonyl (C=O) groups excluding carboxylic acids is 1. The number of ether oxygens (including phenoxy) is 1. The first-order valence-electron chi connectivity index (χ1n) is 6.62. The Balaban J connectivity index is 2.80. The normalized spacial score (nSPS) is 34.8. The Hall–Kier alpha value is -0.675. The molecule has 1 aliphatic rings. The summed E-state index contributed by atoms with van der Waals surface area (Å²) in [6, 6.07) is 0. The summed E-state index contributed by atoms with van der Waals surface area (Å²) in [4.78, 5) is 11.9. The molecule has 5 atom stereocenters. The van der Waals surface area contributed by atoms with Crippen molar-refractivity contribution in [2.75, 3.05) is 0 Å². The van der Waals surface area contributed by atoms with Gasteiger partial charge in [-0.2, -0.15) is 0 Å². The van der Waals surface area contributed by atoms with Crippen LogP contribution in [-0.2, 0) is 13.7 Å². The average molecular weight is 269 g/mol. The second-order valence-corrected chi connectivity index (χ2v) is 5.07. The Bertz CT molecular complexity index is 351. The van der Waals surface area contributed by atoms with Gasteiger partial charge in [-0.25, -0.2) is 0 Å². The molecule has 1 radical (unpaired) electrons. The van der Waals surface area contributed by atoms with Crippen molar-refractivity contribution < 1.29 is 13.7 Å². The Labute approximate surface area is 116 Å². The van der Waals surface area contributed by atoms with Crippen LogP contribution in [0.2, 0.25) is 0 Å². The van der Waals surface area contributed by atoms with Crippen LogP contribution in [0.4, 0.5) is 0 Å². The second kappa shape index (κ2) is 7.05. The third kappa shape index (κ3) is 3.42. The van der Waals surface area contributed by atoms with Gasteiger partial charge in [0.2, 0.25) is 7.09 Å². The number of cyclic esters (lactones) is 1. The Morgan fingerprint density at radius 3 is 3.00 bits per heavy atom. The molecule has 5 heteroatoms. The lowest BCUT2D eigenvalue weighted by atomic mass is 9.81. The van der Waals surface area contributed by atoms with Crippen LogP contribution in [0, 0.1) is 17.8 Å². The highest BCUT2D eigenvalue weighted by molar-refractivity contribution is 8.15. The molecule has 1 aliphatic heterocycles. The smallest absolute Gasteiger partial charge is 0.311 e. The van der Waals surface area contributed by atoms with Crippen LogP contribution >= 0.6 is 11.9 Å². The van der Waals surface area contributed by atoms with Gasteiger partial charge in [-0.05, 0) is 8.26 Å². The van der Waals surface area contributed by atoms with Crippen molar-refractivity contribution >= 4 is 25.0 Å². The molecule has 0 aromatic carbocycles. The first kappa shape index (κ1) is 13.7. The van der Waals surface area contributed by atoms with Gasteiger partial charge in [0.25, 0.3) is 0 Å². The summed E-state index contributed by atoms with van der Waals surface area (Å²) in [6.45, 7) is 9.45. The summed E-state index contributed by atoms with van der Waals surface area (Å²) in [7, 11) is 1.12. The second-order valence-electron chi connectivity index (χ2n) is 4.69. The monoisotopic (exact) mass is 269 g/mol. The zero-order valence-corrected chi connectivity index (χ0v) is 11.9. The van der Waals surface area contributed by atoms with Crippen molar-refractivity contribution in [1.82, 2.24) is 0 Å². The number of carbonyl (C=O) groups is 1. The highest BCUT2D eigenvalue weighted by atomic mass is 32.2. The van der Waals surface area contributed by atoms with E-state index in [1.807, 2.05) is 26.0 Å². The Morgan fingerprint density at radius 2 is 2.39 bits per heavy atom. The fourth-order valence-electron chi connectivity index (χ4n) is 2.31. The van der Waals surface area contributed by atoms with E-state index in [0.717, 1.165) is 19.0 Å². The van der Waals surface area contributed by atoms with Gasteiger partial charge in [0.15, 0.2) is 0 Å². The van der Waals surface area contributed by atoms with Crippen LogP contribution in [0.25, 0.3) is 0 Å². The average Bonchev–Trinajstić information content (AvgIpc) is 2.40. The van der Waals surface area contributed by atoms with E-state index in [2.05, 4.69) is 6.58 Å². The molecule has 0 N–H and O–H groups in total. The molecule has 3 nitrogen and oxygen atoms in total. The van der Waals surface area contributed by atoms with E-state index in [1.165, 1.54) is 0 Å². The predicted molar refractivity (Wildman–Crippen MR) is 76.3 cm³/mol. The molecule has 18 heavy (non-hydrogen) atoms. The molecule has 0 aliphatic carbocycles. The Kier molecular flexibility index (Phi) is 5.38. The van der Waals surface area contributed by atoms with Crippen molar-refractivity contribution in [3.05, 3.63) is 24.8 Å². The van der Waals surface area contributed by atoms with E-state index in [9.17, 15) is 4.79 Å². The summed E-state index contributed by atoms with van der Waals surface area (Å²) < 4.78 is 18.1. The molecule has 0 aromatic heterocycles. The lowest BCUT2D eigenvalue weighted by Crippen LogP contribution is -2.49. The third-order valence-electron chi connectivity index (χ3n) is 3.39. The molecule has 1 fully saturated rings. The van der Waals surface area contributed by atoms with Crippen molar-refractivity contribution in [2.24, 2.45) is 17.8 Å². The first-order chi connectivity index (χ1) is 9.02. The number of rotatable bonds is 6. The molecule has 1 heterocycles. The number of hydrogen-bond donors (Lipinski definition) is 0. The van der Waals surface area contributed by atoms with Gasteiger partial charge in [0, 0.05) is 11.8 Å². The first-order valence-corrected chi connectivity index (χ1v) is 6.85. The zero-order valence-electron chi connectivity index (χ0n) is 12.0. The van der Waals surface area contributed by atoms with E-state index in [-0.39, 0.29) is 35.9 Å². The van der Waals surface area contributed by atoms with Gasteiger partial charge in [-0.1, -0.05) is 50.5 Å². The molecular weight excluding hydrogens is 247 g/mol. The van der Waals surface area contributed by atoms with E-state index < -0.39 is 0 Å². The van der Waals surface area contributed by atoms with Crippen LogP contribution in [0.3, 0.4) is 0 Å². The maximum Gasteiger partial charge on any atom is 0.311 e. The Morgan fingerprint density at radius 1 is 1.67 bits per heavy atom. The summed E-state index contributed by atoms with van der Waals surface area (Å²) >= 11 is 0.955. The molecule has 0 spiro atoms. The fraction of sp³-hybridized carbons (Fsp3) is 0.615. The van der Waals surface area contributed by atoms with Gasteiger partial charge >= 0.3 is 5.97 Å². The minimum Gasteiger partial charge on any atom is -0.461 e. The molecule has 1 saturated heterocycles. The van der Waals surface area contributed by atoms with Crippen molar-refractivity contribution in [1.29, 1.82) is 1.34 Å². The van der Waals surface area contributed by atoms with Crippen LogP contribution < -0.4 is 0 Å².